The summed E-state index contributed by atoms with van der Waals surface area (Å²) >= 11 is 0. The van der Waals surface area contributed by atoms with Gasteiger partial charge in [0.2, 0.25) is 0 Å². The van der Waals surface area contributed by atoms with Gasteiger partial charge in [-0.25, -0.2) is 0 Å². The zero-order chi connectivity index (χ0) is 20.8. The summed E-state index contributed by atoms with van der Waals surface area (Å²) in [5.41, 5.74) is 2.58. The molecule has 2 aliphatic heterocycles. The van der Waals surface area contributed by atoms with Crippen LogP contribution in [0.2, 0.25) is 0 Å². The highest BCUT2D eigenvalue weighted by Gasteiger charge is 2.35. The Hall–Kier alpha value is -2.66. The number of benzene rings is 2. The number of amides is 2. The van der Waals surface area contributed by atoms with Crippen LogP contribution in [-0.4, -0.2) is 60.4 Å². The minimum absolute atomic E-state index is 0.0358. The Labute approximate surface area is 179 Å². The molecule has 1 N–H and O–H groups in total. The van der Waals surface area contributed by atoms with Gasteiger partial charge in [0.1, 0.15) is 0 Å². The maximum absolute atomic E-state index is 12.6. The molecule has 2 saturated heterocycles. The van der Waals surface area contributed by atoms with Gasteiger partial charge in [-0.15, -0.1) is 0 Å². The summed E-state index contributed by atoms with van der Waals surface area (Å²) < 4.78 is 0. The van der Waals surface area contributed by atoms with Gasteiger partial charge < -0.3 is 15.1 Å². The highest BCUT2D eigenvalue weighted by molar-refractivity contribution is 6.35. The molecule has 2 aromatic carbocycles. The zero-order valence-corrected chi connectivity index (χ0v) is 17.5. The molecule has 2 fully saturated rings. The Balaban J connectivity index is 1.30. The summed E-state index contributed by atoms with van der Waals surface area (Å²) in [5, 5.41) is 2.77. The molecular formula is C25H31N3O2. The molecule has 0 saturated carbocycles. The molecule has 0 radical (unpaired) electrons. The van der Waals surface area contributed by atoms with Gasteiger partial charge in [-0.2, -0.15) is 0 Å². The van der Waals surface area contributed by atoms with Crippen molar-refractivity contribution in [1.82, 2.24) is 15.1 Å². The molecule has 5 nitrogen and oxygen atoms in total. The molecule has 2 heterocycles. The topological polar surface area (TPSA) is 52.7 Å². The van der Waals surface area contributed by atoms with Gasteiger partial charge in [0.05, 0.1) is 6.04 Å². The molecule has 2 amide bonds. The summed E-state index contributed by atoms with van der Waals surface area (Å²) in [6.45, 7) is 4.44. The molecule has 0 aromatic heterocycles. The number of rotatable bonds is 7. The average molecular weight is 406 g/mol. The summed E-state index contributed by atoms with van der Waals surface area (Å²) in [6, 6.07) is 20.9. The zero-order valence-electron chi connectivity index (χ0n) is 17.5. The first kappa shape index (κ1) is 20.6. The van der Waals surface area contributed by atoms with E-state index in [0.29, 0.717) is 19.0 Å². The number of piperazine rings is 1. The normalized spacial score (nSPS) is 20.9. The van der Waals surface area contributed by atoms with Crippen molar-refractivity contribution in [2.45, 2.75) is 31.7 Å². The lowest BCUT2D eigenvalue weighted by Crippen LogP contribution is -2.60. The summed E-state index contributed by atoms with van der Waals surface area (Å²) in [6.07, 6.45) is 4.02. The fourth-order valence-corrected chi connectivity index (χ4v) is 4.60. The quantitative estimate of drug-likeness (QED) is 0.720. The van der Waals surface area contributed by atoms with E-state index in [1.165, 1.54) is 11.1 Å². The third-order valence-electron chi connectivity index (χ3n) is 6.43. The Morgan fingerprint density at radius 2 is 1.50 bits per heavy atom. The lowest BCUT2D eigenvalue weighted by Gasteiger charge is -2.40. The van der Waals surface area contributed by atoms with Crippen LogP contribution in [0.15, 0.2) is 60.7 Å². The second kappa shape index (κ2) is 9.90. The smallest absolute Gasteiger partial charge is 0.312 e. The van der Waals surface area contributed by atoms with Crippen LogP contribution in [0.4, 0.5) is 0 Å². The van der Waals surface area contributed by atoms with Crippen LogP contribution in [0, 0.1) is 5.92 Å². The second-order valence-corrected chi connectivity index (χ2v) is 8.53. The van der Waals surface area contributed by atoms with Crippen LogP contribution in [0.1, 0.15) is 24.0 Å². The summed E-state index contributed by atoms with van der Waals surface area (Å²) in [5.74, 6) is -0.362. The van der Waals surface area contributed by atoms with Crippen molar-refractivity contribution in [2.24, 2.45) is 5.92 Å². The van der Waals surface area contributed by atoms with E-state index in [1.54, 1.807) is 0 Å². The van der Waals surface area contributed by atoms with Crippen molar-refractivity contribution in [3.8, 4) is 0 Å². The maximum atomic E-state index is 12.6. The minimum Gasteiger partial charge on any atom is -0.346 e. The largest absolute Gasteiger partial charge is 0.346 e. The molecule has 0 unspecified atom stereocenters. The average Bonchev–Trinajstić information content (AvgIpc) is 2.79. The van der Waals surface area contributed by atoms with Crippen LogP contribution < -0.4 is 5.32 Å². The van der Waals surface area contributed by atoms with Gasteiger partial charge in [0, 0.05) is 19.6 Å². The van der Waals surface area contributed by atoms with Crippen LogP contribution >= 0.6 is 0 Å². The molecular weight excluding hydrogens is 374 g/mol. The fraction of sp³-hybridized carbons (Fsp3) is 0.440. The van der Waals surface area contributed by atoms with Gasteiger partial charge >= 0.3 is 11.8 Å². The molecule has 30 heavy (non-hydrogen) atoms. The van der Waals surface area contributed by atoms with Crippen molar-refractivity contribution in [1.29, 1.82) is 0 Å². The number of nitrogens with one attached hydrogen (secondary N) is 1. The highest BCUT2D eigenvalue weighted by atomic mass is 16.2. The van der Waals surface area contributed by atoms with E-state index in [-0.39, 0.29) is 11.9 Å². The molecule has 5 heteroatoms. The number of hydrogen-bond acceptors (Lipinski definition) is 3. The monoisotopic (exact) mass is 405 g/mol. The molecule has 2 aromatic rings. The molecule has 0 bridgehead atoms. The predicted octanol–water partition coefficient (Wildman–Crippen LogP) is 2.51. The van der Waals surface area contributed by atoms with E-state index < -0.39 is 5.91 Å². The second-order valence-electron chi connectivity index (χ2n) is 8.53. The Bertz CT molecular complexity index is 832. The molecule has 0 aliphatic carbocycles. The maximum Gasteiger partial charge on any atom is 0.312 e. The van der Waals surface area contributed by atoms with Gasteiger partial charge in [-0.05, 0) is 55.8 Å². The SMILES string of the molecule is O=C1NC[C@H](Cc2ccccc2)N(CC2CCN(CCc3ccccc3)CC2)C1=O. The standard InChI is InChI=1S/C25H31N3O2/c29-24-25(30)28(23(18-26-24)17-21-9-5-2-6-10-21)19-22-12-15-27(16-13-22)14-11-20-7-3-1-4-8-20/h1-10,22-23H,11-19H2,(H,26,29)/t23-/m0/s1. The van der Waals surface area contributed by atoms with Crippen molar-refractivity contribution in [3.63, 3.8) is 0 Å². The number of nitrogens with zero attached hydrogens (tertiary/aromatic N) is 2. The van der Waals surface area contributed by atoms with Crippen molar-refractivity contribution >= 4 is 11.8 Å². The van der Waals surface area contributed by atoms with Gasteiger partial charge in [-0.3, -0.25) is 9.59 Å². The Morgan fingerprint density at radius 3 is 2.17 bits per heavy atom. The number of likely N-dealkylation sites (tertiary alicyclic amines) is 1. The summed E-state index contributed by atoms with van der Waals surface area (Å²) in [7, 11) is 0. The van der Waals surface area contributed by atoms with E-state index in [4.69, 9.17) is 0 Å². The number of carbonyl (C=O) groups is 2. The minimum atomic E-state index is -0.459. The predicted molar refractivity (Wildman–Crippen MR) is 118 cm³/mol. The van der Waals surface area contributed by atoms with Crippen LogP contribution in [0.25, 0.3) is 0 Å². The first-order chi connectivity index (χ1) is 14.7. The molecule has 0 spiro atoms. The lowest BCUT2D eigenvalue weighted by molar-refractivity contribution is -0.151. The molecule has 2 aliphatic rings. The number of carbonyl (C=O) groups excluding carboxylic acids is 2. The highest BCUT2D eigenvalue weighted by Crippen LogP contribution is 2.22. The Morgan fingerprint density at radius 1 is 0.867 bits per heavy atom. The summed E-state index contributed by atoms with van der Waals surface area (Å²) in [4.78, 5) is 29.0. The third kappa shape index (κ3) is 5.28. The fourth-order valence-electron chi connectivity index (χ4n) is 4.60. The van der Waals surface area contributed by atoms with Crippen molar-refractivity contribution in [2.75, 3.05) is 32.7 Å². The molecule has 158 valence electrons. The molecule has 4 rings (SSSR count). The van der Waals surface area contributed by atoms with Crippen LogP contribution in [0.5, 0.6) is 0 Å². The lowest BCUT2D eigenvalue weighted by atomic mass is 9.93. The van der Waals surface area contributed by atoms with Gasteiger partial charge in [-0.1, -0.05) is 60.7 Å². The van der Waals surface area contributed by atoms with Gasteiger partial charge in [0.25, 0.3) is 0 Å². The van der Waals surface area contributed by atoms with E-state index in [1.807, 2.05) is 23.1 Å². The van der Waals surface area contributed by atoms with Gasteiger partial charge in [0.15, 0.2) is 0 Å². The molecule has 1 atom stereocenters. The van der Waals surface area contributed by atoms with E-state index in [0.717, 1.165) is 45.3 Å². The van der Waals surface area contributed by atoms with Crippen molar-refractivity contribution in [3.05, 3.63) is 71.8 Å². The van der Waals surface area contributed by atoms with Crippen molar-refractivity contribution < 1.29 is 9.59 Å². The third-order valence-corrected chi connectivity index (χ3v) is 6.43. The van der Waals surface area contributed by atoms with Crippen LogP contribution in [-0.2, 0) is 22.4 Å². The number of hydrogen-bond donors (Lipinski definition) is 1. The van der Waals surface area contributed by atoms with E-state index in [9.17, 15) is 9.59 Å². The number of piperidine rings is 1. The van der Waals surface area contributed by atoms with E-state index >= 15 is 0 Å². The van der Waals surface area contributed by atoms with Crippen LogP contribution in [0.3, 0.4) is 0 Å². The van der Waals surface area contributed by atoms with E-state index in [2.05, 4.69) is 52.7 Å². The first-order valence-corrected chi connectivity index (χ1v) is 11.1. The first-order valence-electron chi connectivity index (χ1n) is 11.1. The Kier molecular flexibility index (Phi) is 6.80.